The van der Waals surface area contributed by atoms with Crippen molar-refractivity contribution in [1.29, 1.82) is 0 Å². The molecule has 0 spiro atoms. The van der Waals surface area contributed by atoms with Crippen LogP contribution < -0.4 is 0 Å². The van der Waals surface area contributed by atoms with E-state index in [2.05, 4.69) is 15.4 Å². The van der Waals surface area contributed by atoms with Crippen LogP contribution in [0.3, 0.4) is 0 Å². The molecule has 1 heterocycles. The lowest BCUT2D eigenvalue weighted by molar-refractivity contribution is 0.0781. The summed E-state index contributed by atoms with van der Waals surface area (Å²) in [5, 5.41) is 12.3. The van der Waals surface area contributed by atoms with E-state index < -0.39 is 0 Å². The minimum atomic E-state index is -0.0686. The second-order valence-electron chi connectivity index (χ2n) is 5.60. The molecule has 0 atom stereocenters. The zero-order valence-electron chi connectivity index (χ0n) is 14.0. The van der Waals surface area contributed by atoms with Crippen LogP contribution in [0.15, 0.2) is 66.7 Å². The number of rotatable bonds is 6. The quantitative estimate of drug-likeness (QED) is 0.696. The number of aromatic nitrogens is 4. The Morgan fingerprint density at radius 2 is 1.76 bits per heavy atom. The van der Waals surface area contributed by atoms with Gasteiger partial charge in [0.05, 0.1) is 13.1 Å². The van der Waals surface area contributed by atoms with Crippen LogP contribution in [0, 0.1) is 0 Å². The fourth-order valence-electron chi connectivity index (χ4n) is 2.35. The fourth-order valence-corrected chi connectivity index (χ4v) is 2.35. The van der Waals surface area contributed by atoms with Crippen LogP contribution >= 0.6 is 0 Å². The lowest BCUT2D eigenvalue weighted by atomic mass is 10.2. The molecule has 0 fully saturated rings. The third-order valence-corrected chi connectivity index (χ3v) is 3.62. The van der Waals surface area contributed by atoms with Gasteiger partial charge < -0.3 is 4.90 Å². The molecule has 6 heteroatoms. The molecule has 0 saturated heterocycles. The Kier molecular flexibility index (Phi) is 5.31. The molecule has 0 aliphatic heterocycles. The van der Waals surface area contributed by atoms with Crippen molar-refractivity contribution in [3.8, 4) is 0 Å². The summed E-state index contributed by atoms with van der Waals surface area (Å²) < 4.78 is 0. The van der Waals surface area contributed by atoms with E-state index in [1.54, 1.807) is 24.1 Å². The van der Waals surface area contributed by atoms with Crippen LogP contribution in [0.25, 0.3) is 6.08 Å². The third-order valence-electron chi connectivity index (χ3n) is 3.62. The Morgan fingerprint density at radius 3 is 2.48 bits per heavy atom. The van der Waals surface area contributed by atoms with Gasteiger partial charge in [-0.05, 0) is 22.9 Å². The van der Waals surface area contributed by atoms with Gasteiger partial charge in [-0.25, -0.2) is 0 Å². The zero-order valence-corrected chi connectivity index (χ0v) is 14.0. The van der Waals surface area contributed by atoms with E-state index in [4.69, 9.17) is 0 Å². The monoisotopic (exact) mass is 333 g/mol. The number of carbonyl (C=O) groups is 1. The minimum Gasteiger partial charge on any atom is -0.334 e. The summed E-state index contributed by atoms with van der Waals surface area (Å²) in [7, 11) is 1.73. The number of allylic oxidation sites excluding steroid dienone is 1. The molecule has 0 saturated carbocycles. The summed E-state index contributed by atoms with van der Waals surface area (Å²) in [6, 6.07) is 19.2. The second kappa shape index (κ2) is 8.01. The van der Waals surface area contributed by atoms with Crippen LogP contribution in [0.1, 0.15) is 21.7 Å². The molecular weight excluding hydrogens is 314 g/mol. The molecule has 6 nitrogen and oxygen atoms in total. The third kappa shape index (κ3) is 4.60. The van der Waals surface area contributed by atoms with Gasteiger partial charge >= 0.3 is 0 Å². The van der Waals surface area contributed by atoms with Gasteiger partial charge in [-0.3, -0.25) is 4.79 Å². The van der Waals surface area contributed by atoms with E-state index in [-0.39, 0.29) is 5.91 Å². The van der Waals surface area contributed by atoms with Gasteiger partial charge in [-0.2, -0.15) is 4.80 Å². The van der Waals surface area contributed by atoms with E-state index in [0.29, 0.717) is 24.5 Å². The molecule has 25 heavy (non-hydrogen) atoms. The number of hydrogen-bond acceptors (Lipinski definition) is 4. The second-order valence-corrected chi connectivity index (χ2v) is 5.60. The van der Waals surface area contributed by atoms with Crippen LogP contribution in [0.2, 0.25) is 0 Å². The van der Waals surface area contributed by atoms with Gasteiger partial charge in [-0.1, -0.05) is 60.7 Å². The predicted molar refractivity (Wildman–Crippen MR) is 95.5 cm³/mol. The predicted octanol–water partition coefficient (Wildman–Crippen LogP) is 2.66. The summed E-state index contributed by atoms with van der Waals surface area (Å²) >= 11 is 0. The highest BCUT2D eigenvalue weighted by Gasteiger charge is 2.13. The maximum absolute atomic E-state index is 12.3. The number of amides is 1. The van der Waals surface area contributed by atoms with Gasteiger partial charge in [0.25, 0.3) is 5.91 Å². The molecule has 1 aromatic heterocycles. The average molecular weight is 333 g/mol. The molecule has 1 amide bonds. The summed E-state index contributed by atoms with van der Waals surface area (Å²) in [6.07, 6.45) is 3.98. The molecule has 2 aromatic carbocycles. The molecule has 3 aromatic rings. The fraction of sp³-hybridized carbons (Fsp3) is 0.158. The Bertz CT molecular complexity index is 843. The van der Waals surface area contributed by atoms with Gasteiger partial charge in [0.15, 0.2) is 5.82 Å². The maximum Gasteiger partial charge on any atom is 0.254 e. The van der Waals surface area contributed by atoms with E-state index >= 15 is 0 Å². The normalized spacial score (nSPS) is 10.9. The van der Waals surface area contributed by atoms with Gasteiger partial charge in [0.2, 0.25) is 0 Å². The molecular formula is C19H19N5O. The zero-order chi connectivity index (χ0) is 17.5. The average Bonchev–Trinajstić information content (AvgIpc) is 3.10. The number of carbonyl (C=O) groups excluding carboxylic acids is 1. The Hall–Kier alpha value is -3.28. The lowest BCUT2D eigenvalue weighted by Gasteiger charge is -2.14. The molecule has 3 rings (SSSR count). The van der Waals surface area contributed by atoms with Crippen LogP contribution in [-0.4, -0.2) is 38.1 Å². The van der Waals surface area contributed by atoms with Crippen molar-refractivity contribution >= 4 is 12.0 Å². The lowest BCUT2D eigenvalue weighted by Crippen LogP contribution is -2.26. The number of hydrogen-bond donors (Lipinski definition) is 0. The summed E-state index contributed by atoms with van der Waals surface area (Å²) in [5.74, 6) is 0.445. The van der Waals surface area contributed by atoms with Crippen molar-refractivity contribution in [2.45, 2.75) is 13.1 Å². The van der Waals surface area contributed by atoms with Crippen LogP contribution in [0.5, 0.6) is 0 Å². The van der Waals surface area contributed by atoms with Gasteiger partial charge in [0, 0.05) is 12.6 Å². The molecule has 126 valence electrons. The molecule has 0 unspecified atom stereocenters. The molecule has 0 bridgehead atoms. The van der Waals surface area contributed by atoms with Crippen LogP contribution in [0.4, 0.5) is 0 Å². The minimum absolute atomic E-state index is 0.0686. The first kappa shape index (κ1) is 16.6. The van der Waals surface area contributed by atoms with Crippen molar-refractivity contribution in [2.24, 2.45) is 0 Å². The molecule has 0 radical (unpaired) electrons. The summed E-state index contributed by atoms with van der Waals surface area (Å²) in [6.45, 7) is 0.842. The topological polar surface area (TPSA) is 63.9 Å². The van der Waals surface area contributed by atoms with Crippen molar-refractivity contribution in [3.05, 3.63) is 83.7 Å². The SMILES string of the molecule is CN(Cc1nnn(CC=Cc2ccccc2)n1)C(=O)c1ccccc1. The summed E-state index contributed by atoms with van der Waals surface area (Å²) in [4.78, 5) is 15.4. The summed E-state index contributed by atoms with van der Waals surface area (Å²) in [5.41, 5.74) is 1.76. The van der Waals surface area contributed by atoms with E-state index in [1.807, 2.05) is 60.7 Å². The van der Waals surface area contributed by atoms with Gasteiger partial charge in [0.1, 0.15) is 0 Å². The van der Waals surface area contributed by atoms with Crippen LogP contribution in [-0.2, 0) is 13.1 Å². The molecule has 0 aliphatic rings. The van der Waals surface area contributed by atoms with E-state index in [0.717, 1.165) is 5.56 Å². The first-order valence-electron chi connectivity index (χ1n) is 8.01. The number of nitrogens with zero attached hydrogens (tertiary/aromatic N) is 5. The van der Waals surface area contributed by atoms with Crippen molar-refractivity contribution in [2.75, 3.05) is 7.05 Å². The Morgan fingerprint density at radius 1 is 1.08 bits per heavy atom. The number of benzene rings is 2. The standard InChI is InChI=1S/C19H19N5O/c1-23(19(25)17-12-6-3-7-13-17)15-18-20-22-24(21-18)14-8-11-16-9-4-2-5-10-16/h2-13H,14-15H2,1H3. The number of tetrazole rings is 1. The Labute approximate surface area is 146 Å². The van der Waals surface area contributed by atoms with E-state index in [9.17, 15) is 4.79 Å². The van der Waals surface area contributed by atoms with E-state index in [1.165, 1.54) is 4.80 Å². The van der Waals surface area contributed by atoms with Crippen molar-refractivity contribution in [3.63, 3.8) is 0 Å². The molecule has 0 N–H and O–H groups in total. The Balaban J connectivity index is 1.56. The smallest absolute Gasteiger partial charge is 0.254 e. The largest absolute Gasteiger partial charge is 0.334 e. The van der Waals surface area contributed by atoms with Crippen molar-refractivity contribution in [1.82, 2.24) is 25.1 Å². The molecule has 0 aliphatic carbocycles. The highest BCUT2D eigenvalue weighted by molar-refractivity contribution is 5.93. The highest BCUT2D eigenvalue weighted by Crippen LogP contribution is 2.05. The first-order chi connectivity index (χ1) is 12.2. The maximum atomic E-state index is 12.3. The van der Waals surface area contributed by atoms with Crippen molar-refractivity contribution < 1.29 is 4.79 Å². The highest BCUT2D eigenvalue weighted by atomic mass is 16.2. The van der Waals surface area contributed by atoms with Gasteiger partial charge in [-0.15, -0.1) is 10.2 Å². The first-order valence-corrected chi connectivity index (χ1v) is 8.01.